The van der Waals surface area contributed by atoms with Gasteiger partial charge in [0.25, 0.3) is 5.91 Å². The van der Waals surface area contributed by atoms with E-state index in [1.807, 2.05) is 29.6 Å². The Morgan fingerprint density at radius 1 is 1.25 bits per heavy atom. The molecule has 1 atom stereocenters. The summed E-state index contributed by atoms with van der Waals surface area (Å²) >= 11 is 1.61. The molecule has 0 aliphatic carbocycles. The van der Waals surface area contributed by atoms with Crippen LogP contribution < -0.4 is 4.90 Å². The largest absolute Gasteiger partial charge is 0.389 e. The third-order valence-electron chi connectivity index (χ3n) is 4.29. The molecule has 0 saturated carbocycles. The van der Waals surface area contributed by atoms with Crippen LogP contribution in [-0.4, -0.2) is 58.2 Å². The fourth-order valence-corrected chi connectivity index (χ4v) is 3.88. The number of aliphatic hydroxyl groups excluding tert-OH is 1. The van der Waals surface area contributed by atoms with Crippen LogP contribution in [0.1, 0.15) is 10.5 Å². The normalized spacial score (nSPS) is 18.8. The van der Waals surface area contributed by atoms with Crippen molar-refractivity contribution in [2.45, 2.75) is 6.10 Å². The van der Waals surface area contributed by atoms with Crippen LogP contribution >= 0.6 is 11.3 Å². The average Bonchev–Trinajstić information content (AvgIpc) is 3.13. The van der Waals surface area contributed by atoms with E-state index >= 15 is 0 Å². The molecular weight excluding hydrogens is 324 g/mol. The van der Waals surface area contributed by atoms with Gasteiger partial charge in [-0.2, -0.15) is 0 Å². The van der Waals surface area contributed by atoms with E-state index in [1.165, 1.54) is 0 Å². The maximum atomic E-state index is 12.8. The molecule has 7 heteroatoms. The smallest absolute Gasteiger partial charge is 0.270 e. The van der Waals surface area contributed by atoms with Gasteiger partial charge in [0.05, 0.1) is 16.3 Å². The zero-order valence-electron chi connectivity index (χ0n) is 13.1. The van der Waals surface area contributed by atoms with Crippen molar-refractivity contribution in [3.63, 3.8) is 0 Å². The van der Waals surface area contributed by atoms with Crippen LogP contribution in [0.5, 0.6) is 0 Å². The molecule has 2 N–H and O–H groups in total. The molecule has 24 heavy (non-hydrogen) atoms. The van der Waals surface area contributed by atoms with Crippen LogP contribution in [0.15, 0.2) is 42.0 Å². The summed E-state index contributed by atoms with van der Waals surface area (Å²) in [5.74, 6) is -0.0611. The predicted molar refractivity (Wildman–Crippen MR) is 94.5 cm³/mol. The highest BCUT2D eigenvalue weighted by Crippen LogP contribution is 2.23. The van der Waals surface area contributed by atoms with E-state index in [0.717, 1.165) is 15.9 Å². The number of carbonyl (C=O) groups is 1. The van der Waals surface area contributed by atoms with Crippen molar-refractivity contribution in [2.75, 3.05) is 31.1 Å². The van der Waals surface area contributed by atoms with Gasteiger partial charge >= 0.3 is 0 Å². The van der Waals surface area contributed by atoms with Crippen molar-refractivity contribution in [2.24, 2.45) is 0 Å². The van der Waals surface area contributed by atoms with E-state index in [4.69, 9.17) is 0 Å². The Labute approximate surface area is 143 Å². The molecule has 1 saturated heterocycles. The SMILES string of the molecule is O=C(c1cc2sccc2[nH]1)N1CCN(c2ccncc2)CC(O)C1. The zero-order chi connectivity index (χ0) is 16.5. The third kappa shape index (κ3) is 2.88. The Kier molecular flexibility index (Phi) is 3.95. The van der Waals surface area contributed by atoms with E-state index in [-0.39, 0.29) is 5.91 Å². The molecule has 1 aliphatic rings. The number of β-amino-alcohol motifs (C(OH)–C–C–N with tert-alkyl or cyclic N) is 1. The number of anilines is 1. The highest BCUT2D eigenvalue weighted by molar-refractivity contribution is 7.17. The molecule has 1 unspecified atom stereocenters. The molecule has 1 fully saturated rings. The van der Waals surface area contributed by atoms with Crippen LogP contribution in [0.25, 0.3) is 10.2 Å². The topological polar surface area (TPSA) is 72.5 Å². The summed E-state index contributed by atoms with van der Waals surface area (Å²) in [6, 6.07) is 7.70. The number of aromatic amines is 1. The van der Waals surface area contributed by atoms with Crippen LogP contribution in [-0.2, 0) is 0 Å². The van der Waals surface area contributed by atoms with Crippen molar-refractivity contribution in [3.05, 3.63) is 47.7 Å². The lowest BCUT2D eigenvalue weighted by Crippen LogP contribution is -2.37. The summed E-state index contributed by atoms with van der Waals surface area (Å²) in [4.78, 5) is 23.8. The van der Waals surface area contributed by atoms with Crippen LogP contribution in [0, 0.1) is 0 Å². The van der Waals surface area contributed by atoms with Gasteiger partial charge in [-0.05, 0) is 29.6 Å². The summed E-state index contributed by atoms with van der Waals surface area (Å²) in [6.07, 6.45) is 2.89. The highest BCUT2D eigenvalue weighted by Gasteiger charge is 2.26. The van der Waals surface area contributed by atoms with Gasteiger partial charge in [0.15, 0.2) is 0 Å². The number of carbonyl (C=O) groups excluding carboxylic acids is 1. The molecule has 4 heterocycles. The van der Waals surface area contributed by atoms with E-state index in [1.54, 1.807) is 28.6 Å². The van der Waals surface area contributed by atoms with Gasteiger partial charge in [0.1, 0.15) is 5.69 Å². The Morgan fingerprint density at radius 3 is 2.88 bits per heavy atom. The second-order valence-corrected chi connectivity index (χ2v) is 6.89. The van der Waals surface area contributed by atoms with Crippen molar-refractivity contribution in [1.29, 1.82) is 0 Å². The first kappa shape index (κ1) is 15.2. The number of thiophene rings is 1. The first-order chi connectivity index (χ1) is 11.7. The number of nitrogens with one attached hydrogen (secondary N) is 1. The van der Waals surface area contributed by atoms with E-state index in [9.17, 15) is 9.90 Å². The minimum Gasteiger partial charge on any atom is -0.389 e. The number of aliphatic hydroxyl groups is 1. The van der Waals surface area contributed by atoms with E-state index < -0.39 is 6.10 Å². The van der Waals surface area contributed by atoms with Crippen molar-refractivity contribution >= 4 is 33.1 Å². The number of hydrogen-bond acceptors (Lipinski definition) is 5. The molecule has 0 spiro atoms. The summed E-state index contributed by atoms with van der Waals surface area (Å²) < 4.78 is 1.08. The molecule has 0 bridgehead atoms. The van der Waals surface area contributed by atoms with Gasteiger partial charge in [-0.25, -0.2) is 0 Å². The van der Waals surface area contributed by atoms with Crippen molar-refractivity contribution in [1.82, 2.24) is 14.9 Å². The van der Waals surface area contributed by atoms with Crippen LogP contribution in [0.3, 0.4) is 0 Å². The highest BCUT2D eigenvalue weighted by atomic mass is 32.1. The molecule has 1 aliphatic heterocycles. The van der Waals surface area contributed by atoms with Crippen molar-refractivity contribution in [3.8, 4) is 0 Å². The van der Waals surface area contributed by atoms with Gasteiger partial charge in [-0.15, -0.1) is 11.3 Å². The maximum absolute atomic E-state index is 12.8. The molecule has 0 radical (unpaired) electrons. The standard InChI is InChI=1S/C17H18N4O2S/c22-13-10-20(12-1-4-18-5-2-12)6-7-21(11-13)17(23)15-9-16-14(19-15)3-8-24-16/h1-5,8-9,13,19,22H,6-7,10-11H2. The fraction of sp³-hybridized carbons (Fsp3) is 0.294. The quantitative estimate of drug-likeness (QED) is 0.747. The summed E-state index contributed by atoms with van der Waals surface area (Å²) in [5.41, 5.74) is 2.58. The second kappa shape index (κ2) is 6.26. The average molecular weight is 342 g/mol. The van der Waals surface area contributed by atoms with Gasteiger partial charge in [-0.3, -0.25) is 9.78 Å². The number of fused-ring (bicyclic) bond motifs is 1. The number of rotatable bonds is 2. The molecule has 124 valence electrons. The minimum absolute atomic E-state index is 0.0611. The number of amides is 1. The van der Waals surface area contributed by atoms with Gasteiger partial charge in [-0.1, -0.05) is 0 Å². The first-order valence-corrected chi connectivity index (χ1v) is 8.77. The molecule has 0 aromatic carbocycles. The number of nitrogens with zero attached hydrogens (tertiary/aromatic N) is 3. The number of hydrogen-bond donors (Lipinski definition) is 2. The second-order valence-electron chi connectivity index (χ2n) is 5.94. The summed E-state index contributed by atoms with van der Waals surface area (Å²) in [7, 11) is 0. The molecule has 4 rings (SSSR count). The minimum atomic E-state index is -0.583. The van der Waals surface area contributed by atoms with Gasteiger partial charge < -0.3 is 19.9 Å². The van der Waals surface area contributed by atoms with Gasteiger partial charge in [0, 0.05) is 44.3 Å². The predicted octanol–water partition coefficient (Wildman–Crippen LogP) is 1.95. The Balaban J connectivity index is 1.52. The number of aromatic nitrogens is 2. The molecular formula is C17H18N4O2S. The van der Waals surface area contributed by atoms with E-state index in [0.29, 0.717) is 31.9 Å². The molecule has 3 aromatic heterocycles. The van der Waals surface area contributed by atoms with Crippen molar-refractivity contribution < 1.29 is 9.90 Å². The third-order valence-corrected chi connectivity index (χ3v) is 5.15. The van der Waals surface area contributed by atoms with Crippen LogP contribution in [0.2, 0.25) is 0 Å². The summed E-state index contributed by atoms with van der Waals surface area (Å²) in [6.45, 7) is 2.10. The summed E-state index contributed by atoms with van der Waals surface area (Å²) in [5, 5.41) is 12.3. The maximum Gasteiger partial charge on any atom is 0.270 e. The van der Waals surface area contributed by atoms with Gasteiger partial charge in [0.2, 0.25) is 0 Å². The lowest BCUT2D eigenvalue weighted by Gasteiger charge is -2.23. The Bertz CT molecular complexity index is 816. The number of pyridine rings is 1. The number of H-pyrrole nitrogens is 1. The Hall–Kier alpha value is -2.38. The Morgan fingerprint density at radius 2 is 2.08 bits per heavy atom. The monoisotopic (exact) mass is 342 g/mol. The zero-order valence-corrected chi connectivity index (χ0v) is 13.9. The lowest BCUT2D eigenvalue weighted by molar-refractivity contribution is 0.0669. The fourth-order valence-electron chi connectivity index (χ4n) is 3.10. The molecule has 3 aromatic rings. The molecule has 6 nitrogen and oxygen atoms in total. The first-order valence-electron chi connectivity index (χ1n) is 7.89. The van der Waals surface area contributed by atoms with Crippen LogP contribution in [0.4, 0.5) is 5.69 Å². The molecule has 1 amide bonds. The lowest BCUT2D eigenvalue weighted by atomic mass is 10.3. The van der Waals surface area contributed by atoms with E-state index in [2.05, 4.69) is 14.9 Å².